The molecule has 0 aliphatic carbocycles. The predicted molar refractivity (Wildman–Crippen MR) is 242 cm³/mol. The van der Waals surface area contributed by atoms with Crippen LogP contribution in [0.1, 0.15) is 47.2 Å². The van der Waals surface area contributed by atoms with E-state index in [0.29, 0.717) is 65.6 Å². The second kappa shape index (κ2) is 22.7. The number of nitrogens with zero attached hydrogens (tertiary/aromatic N) is 2. The van der Waals surface area contributed by atoms with Crippen molar-refractivity contribution in [1.82, 2.24) is 0 Å². The van der Waals surface area contributed by atoms with Crippen LogP contribution in [0.5, 0.6) is 23.0 Å². The van der Waals surface area contributed by atoms with E-state index in [9.17, 15) is 9.59 Å². The van der Waals surface area contributed by atoms with Crippen molar-refractivity contribution in [2.75, 3.05) is 14.1 Å². The molecule has 0 unspecified atom stereocenters. The van der Waals surface area contributed by atoms with Crippen LogP contribution in [-0.4, -0.2) is 37.1 Å². The van der Waals surface area contributed by atoms with Crippen molar-refractivity contribution < 1.29 is 28.5 Å². The van der Waals surface area contributed by atoms with Gasteiger partial charge >= 0.3 is 0 Å². The molecule has 0 N–H and O–H groups in total. The standard InChI is InChI=1S/2C24H21Cl2NO3/c2*1-16(28)23(27-2)19-10-7-13-22(29-14-17-8-3-5-11-20(17)25)24(19)30-15-18-9-4-6-12-21(18)26/h2*3-13H,14-15H2,1-2H3. The van der Waals surface area contributed by atoms with E-state index >= 15 is 0 Å². The monoisotopic (exact) mass is 882 g/mol. The molecule has 60 heavy (non-hydrogen) atoms. The van der Waals surface area contributed by atoms with Crippen LogP contribution < -0.4 is 18.9 Å². The van der Waals surface area contributed by atoms with Crippen molar-refractivity contribution in [3.8, 4) is 23.0 Å². The van der Waals surface area contributed by atoms with Crippen LogP contribution in [0.4, 0.5) is 0 Å². The SMILES string of the molecule is CN=C(C(C)=O)c1cccc(OCc2ccccc2Cl)c1OCc1ccccc1Cl.CN=C(C(C)=O)c1cccc(OCc2ccccc2Cl)c1OCc1ccccc1Cl. The van der Waals surface area contributed by atoms with Gasteiger partial charge in [-0.05, 0) is 48.5 Å². The molecule has 0 saturated carbocycles. The number of para-hydroxylation sites is 2. The van der Waals surface area contributed by atoms with Crippen molar-refractivity contribution in [1.29, 1.82) is 0 Å². The van der Waals surface area contributed by atoms with E-state index in [0.717, 1.165) is 22.3 Å². The minimum atomic E-state index is -0.164. The van der Waals surface area contributed by atoms with Gasteiger partial charge < -0.3 is 18.9 Å². The number of hydrogen-bond donors (Lipinski definition) is 0. The van der Waals surface area contributed by atoms with Crippen LogP contribution in [0.3, 0.4) is 0 Å². The topological polar surface area (TPSA) is 95.8 Å². The van der Waals surface area contributed by atoms with Crippen molar-refractivity contribution in [3.63, 3.8) is 0 Å². The summed E-state index contributed by atoms with van der Waals surface area (Å²) in [6.07, 6.45) is 0. The van der Waals surface area contributed by atoms with Gasteiger partial charge in [-0.1, -0.05) is 131 Å². The summed E-state index contributed by atoms with van der Waals surface area (Å²) < 4.78 is 24.3. The van der Waals surface area contributed by atoms with E-state index in [2.05, 4.69) is 9.98 Å². The number of ether oxygens (including phenoxy) is 4. The smallest absolute Gasteiger partial charge is 0.178 e. The molecule has 0 spiro atoms. The molecule has 0 amide bonds. The normalized spacial score (nSPS) is 11.3. The van der Waals surface area contributed by atoms with Crippen molar-refractivity contribution in [2.24, 2.45) is 9.98 Å². The van der Waals surface area contributed by atoms with Crippen LogP contribution in [0.15, 0.2) is 143 Å². The lowest BCUT2D eigenvalue weighted by Gasteiger charge is -2.17. The fraction of sp³-hybridized carbons (Fsp3) is 0.167. The molecule has 0 atom stereocenters. The highest BCUT2D eigenvalue weighted by atomic mass is 35.5. The molecule has 0 aliphatic rings. The molecule has 0 aliphatic heterocycles. The number of rotatable bonds is 16. The molecule has 0 bridgehead atoms. The van der Waals surface area contributed by atoms with E-state index in [-0.39, 0.29) is 38.0 Å². The van der Waals surface area contributed by atoms with E-state index < -0.39 is 0 Å². The van der Waals surface area contributed by atoms with Crippen LogP contribution in [0.25, 0.3) is 0 Å². The molecule has 8 nitrogen and oxygen atoms in total. The van der Waals surface area contributed by atoms with Gasteiger partial charge in [-0.15, -0.1) is 0 Å². The number of halogens is 4. The lowest BCUT2D eigenvalue weighted by molar-refractivity contribution is -0.111. The number of ketones is 2. The van der Waals surface area contributed by atoms with Gasteiger partial charge in [-0.3, -0.25) is 19.6 Å². The quantitative estimate of drug-likeness (QED) is 0.0899. The van der Waals surface area contributed by atoms with Gasteiger partial charge in [0.05, 0.1) is 0 Å². The molecule has 0 saturated heterocycles. The lowest BCUT2D eigenvalue weighted by Crippen LogP contribution is -2.14. The fourth-order valence-electron chi connectivity index (χ4n) is 5.94. The summed E-state index contributed by atoms with van der Waals surface area (Å²) in [5.74, 6) is 1.51. The minimum Gasteiger partial charge on any atom is -0.485 e. The van der Waals surface area contributed by atoms with Gasteiger partial charge in [-0.25, -0.2) is 0 Å². The zero-order valence-corrected chi connectivity index (χ0v) is 36.4. The Kier molecular flexibility index (Phi) is 17.2. The molecule has 6 aromatic carbocycles. The first-order valence-electron chi connectivity index (χ1n) is 18.7. The highest BCUT2D eigenvalue weighted by Gasteiger charge is 2.21. The lowest BCUT2D eigenvalue weighted by atomic mass is 10.1. The molecule has 0 aromatic heterocycles. The van der Waals surface area contributed by atoms with Gasteiger partial charge in [0.15, 0.2) is 34.6 Å². The number of carbonyl (C=O) groups is 2. The average molecular weight is 885 g/mol. The molecule has 0 radical (unpaired) electrons. The van der Waals surface area contributed by atoms with E-state index in [1.807, 2.05) is 84.9 Å². The zero-order chi connectivity index (χ0) is 43.0. The third-order valence-electron chi connectivity index (χ3n) is 8.92. The van der Waals surface area contributed by atoms with Gasteiger partial charge in [0.2, 0.25) is 0 Å². The predicted octanol–water partition coefficient (Wildman–Crippen LogP) is 12.3. The number of aliphatic imine (C=N–C) groups is 2. The Morgan fingerprint density at radius 2 is 0.700 bits per heavy atom. The Morgan fingerprint density at radius 1 is 0.417 bits per heavy atom. The molecule has 6 aromatic rings. The molecule has 6 rings (SSSR count). The number of benzene rings is 6. The Balaban J connectivity index is 0.000000228. The summed E-state index contributed by atoms with van der Waals surface area (Å²) in [6.45, 7) is 3.88. The maximum Gasteiger partial charge on any atom is 0.178 e. The number of carbonyl (C=O) groups excluding carboxylic acids is 2. The number of Topliss-reactive ketones (excluding diaryl/α,β-unsaturated/α-hetero) is 2. The van der Waals surface area contributed by atoms with Gasteiger partial charge in [0.25, 0.3) is 0 Å². The second-order valence-corrected chi connectivity index (χ2v) is 14.7. The molecule has 0 fully saturated rings. The first-order chi connectivity index (χ1) is 29.0. The van der Waals surface area contributed by atoms with Crippen molar-refractivity contribution in [2.45, 2.75) is 40.3 Å². The summed E-state index contributed by atoms with van der Waals surface area (Å²) in [6, 6.07) is 40.5. The van der Waals surface area contributed by atoms with Gasteiger partial charge in [-0.2, -0.15) is 0 Å². The molecular weight excluding hydrogens is 842 g/mol. The van der Waals surface area contributed by atoms with E-state index in [1.54, 1.807) is 62.6 Å². The van der Waals surface area contributed by atoms with E-state index in [4.69, 9.17) is 65.4 Å². The summed E-state index contributed by atoms with van der Waals surface area (Å²) in [5, 5.41) is 2.44. The van der Waals surface area contributed by atoms with Crippen molar-refractivity contribution >= 4 is 69.4 Å². The Hall–Kier alpha value is -5.64. The second-order valence-electron chi connectivity index (χ2n) is 13.0. The Bertz CT molecular complexity index is 2330. The molecular formula is C48H42Cl4N2O6. The average Bonchev–Trinajstić information content (AvgIpc) is 3.24. The zero-order valence-electron chi connectivity index (χ0n) is 33.4. The van der Waals surface area contributed by atoms with Crippen molar-refractivity contribution in [3.05, 3.63) is 187 Å². The maximum atomic E-state index is 12.1. The van der Waals surface area contributed by atoms with Crippen LogP contribution >= 0.6 is 46.4 Å². The van der Waals surface area contributed by atoms with E-state index in [1.165, 1.54) is 13.8 Å². The molecule has 12 heteroatoms. The first-order valence-corrected chi connectivity index (χ1v) is 20.2. The summed E-state index contributed by atoms with van der Waals surface area (Å²) in [7, 11) is 3.15. The van der Waals surface area contributed by atoms with Gasteiger partial charge in [0, 0.05) is 81.4 Å². The van der Waals surface area contributed by atoms with Crippen LogP contribution in [0, 0.1) is 0 Å². The third-order valence-corrected chi connectivity index (χ3v) is 10.4. The van der Waals surface area contributed by atoms with Crippen LogP contribution in [0.2, 0.25) is 20.1 Å². The third kappa shape index (κ3) is 12.2. The highest BCUT2D eigenvalue weighted by molar-refractivity contribution is 6.46. The molecule has 308 valence electrons. The summed E-state index contributed by atoms with van der Waals surface area (Å²) in [5.41, 5.74) is 5.09. The van der Waals surface area contributed by atoms with Gasteiger partial charge in [0.1, 0.15) is 37.9 Å². The molecule has 0 heterocycles. The summed E-state index contributed by atoms with van der Waals surface area (Å²) >= 11 is 25.0. The fourth-order valence-corrected chi connectivity index (χ4v) is 6.70. The largest absolute Gasteiger partial charge is 0.485 e. The highest BCUT2D eigenvalue weighted by Crippen LogP contribution is 2.36. The number of hydrogen-bond acceptors (Lipinski definition) is 8. The Morgan fingerprint density at radius 3 is 0.967 bits per heavy atom. The summed E-state index contributed by atoms with van der Waals surface area (Å²) in [4.78, 5) is 32.5. The first kappa shape index (κ1) is 45.4. The maximum absolute atomic E-state index is 12.1. The minimum absolute atomic E-state index is 0.164. The van der Waals surface area contributed by atoms with Crippen LogP contribution in [-0.2, 0) is 36.0 Å². The Labute approximate surface area is 370 Å².